The number of aromatic nitrogens is 2. The van der Waals surface area contributed by atoms with Gasteiger partial charge in [0.1, 0.15) is 5.82 Å². The molecular weight excluding hydrogens is 232 g/mol. The molecule has 96 valence electrons. The van der Waals surface area contributed by atoms with Crippen molar-refractivity contribution < 1.29 is 0 Å². The van der Waals surface area contributed by atoms with E-state index in [9.17, 15) is 0 Å². The van der Waals surface area contributed by atoms with Gasteiger partial charge in [0.05, 0.1) is 17.6 Å². The molecule has 1 aromatic rings. The van der Waals surface area contributed by atoms with Crippen molar-refractivity contribution in [2.24, 2.45) is 5.73 Å². The molecule has 0 saturated carbocycles. The maximum atomic E-state index is 5.76. The number of nitrogens with two attached hydrogens (primary N) is 1. The van der Waals surface area contributed by atoms with Gasteiger partial charge in [0.15, 0.2) is 0 Å². The van der Waals surface area contributed by atoms with Crippen molar-refractivity contribution in [2.45, 2.75) is 26.3 Å². The van der Waals surface area contributed by atoms with Crippen molar-refractivity contribution in [1.29, 1.82) is 0 Å². The Balaban J connectivity index is 2.91. The number of hydrogen-bond donors (Lipinski definition) is 1. The Morgan fingerprint density at radius 1 is 1.47 bits per heavy atom. The van der Waals surface area contributed by atoms with Crippen LogP contribution in [0.2, 0.25) is 0 Å². The first kappa shape index (κ1) is 14.3. The van der Waals surface area contributed by atoms with Crippen LogP contribution in [0, 0.1) is 0 Å². The smallest absolute Gasteiger partial charge is 0.131 e. The van der Waals surface area contributed by atoms with Gasteiger partial charge in [-0.2, -0.15) is 11.8 Å². The highest BCUT2D eigenvalue weighted by Gasteiger charge is 2.11. The number of thioether (sulfide) groups is 1. The van der Waals surface area contributed by atoms with Gasteiger partial charge in [0.2, 0.25) is 0 Å². The van der Waals surface area contributed by atoms with Gasteiger partial charge in [-0.3, -0.25) is 0 Å². The summed E-state index contributed by atoms with van der Waals surface area (Å²) in [5.74, 6) is 2.30. The monoisotopic (exact) mass is 254 g/mol. The zero-order chi connectivity index (χ0) is 12.8. The zero-order valence-corrected chi connectivity index (χ0v) is 11.9. The van der Waals surface area contributed by atoms with Gasteiger partial charge in [-0.25, -0.2) is 9.97 Å². The highest BCUT2D eigenvalue weighted by atomic mass is 32.2. The quantitative estimate of drug-likeness (QED) is 0.839. The highest BCUT2D eigenvalue weighted by Crippen LogP contribution is 2.19. The minimum atomic E-state index is 0.339. The molecule has 1 heterocycles. The minimum absolute atomic E-state index is 0.339. The summed E-state index contributed by atoms with van der Waals surface area (Å²) in [4.78, 5) is 11.1. The second kappa shape index (κ2) is 6.81. The third-order valence-corrected chi connectivity index (χ3v) is 3.21. The van der Waals surface area contributed by atoms with Gasteiger partial charge < -0.3 is 10.6 Å². The Morgan fingerprint density at radius 3 is 2.71 bits per heavy atom. The molecular formula is C12H22N4S. The summed E-state index contributed by atoms with van der Waals surface area (Å²) in [5, 5.41) is 0. The average Bonchev–Trinajstić information content (AvgIpc) is 2.34. The van der Waals surface area contributed by atoms with Crippen LogP contribution >= 0.6 is 11.8 Å². The average molecular weight is 254 g/mol. The first-order valence-electron chi connectivity index (χ1n) is 5.86. The summed E-state index contributed by atoms with van der Waals surface area (Å²) >= 11 is 1.83. The minimum Gasteiger partial charge on any atom is -0.371 e. The van der Waals surface area contributed by atoms with E-state index in [0.29, 0.717) is 12.5 Å². The van der Waals surface area contributed by atoms with Crippen LogP contribution in [0.25, 0.3) is 0 Å². The summed E-state index contributed by atoms with van der Waals surface area (Å²) in [7, 11) is 2.06. The van der Waals surface area contributed by atoms with Gasteiger partial charge in [-0.05, 0) is 6.26 Å². The van der Waals surface area contributed by atoms with Crippen molar-refractivity contribution >= 4 is 17.4 Å². The largest absolute Gasteiger partial charge is 0.371 e. The van der Waals surface area contributed by atoms with E-state index in [2.05, 4.69) is 42.0 Å². The van der Waals surface area contributed by atoms with Gasteiger partial charge in [0, 0.05) is 31.8 Å². The molecule has 1 rings (SSSR count). The maximum absolute atomic E-state index is 5.76. The molecule has 0 saturated heterocycles. The Hall–Kier alpha value is -0.810. The molecule has 0 aliphatic carbocycles. The van der Waals surface area contributed by atoms with Crippen molar-refractivity contribution in [1.82, 2.24) is 9.97 Å². The molecule has 0 radical (unpaired) electrons. The van der Waals surface area contributed by atoms with Crippen molar-refractivity contribution in [2.75, 3.05) is 30.5 Å². The van der Waals surface area contributed by atoms with Crippen LogP contribution in [0.5, 0.6) is 0 Å². The number of rotatable bonds is 6. The summed E-state index contributed by atoms with van der Waals surface area (Å²) in [6.45, 7) is 5.62. The molecule has 4 nitrogen and oxygen atoms in total. The summed E-state index contributed by atoms with van der Waals surface area (Å²) in [6, 6.07) is 0. The second-order valence-electron chi connectivity index (χ2n) is 4.33. The SMILES string of the molecule is CSCCN(C)c1cnc(C(C)C)nc1CN. The fraction of sp³-hybridized carbons (Fsp3) is 0.667. The first-order chi connectivity index (χ1) is 8.10. The van der Waals surface area contributed by atoms with E-state index in [1.807, 2.05) is 18.0 Å². The van der Waals surface area contributed by atoms with E-state index >= 15 is 0 Å². The predicted molar refractivity (Wildman–Crippen MR) is 75.7 cm³/mol. The molecule has 5 heteroatoms. The van der Waals surface area contributed by atoms with Crippen LogP contribution in [-0.4, -0.2) is 35.6 Å². The molecule has 0 aliphatic heterocycles. The van der Waals surface area contributed by atoms with Crippen LogP contribution < -0.4 is 10.6 Å². The Labute approximate surface area is 108 Å². The molecule has 1 aromatic heterocycles. The molecule has 0 atom stereocenters. The molecule has 0 amide bonds. The van der Waals surface area contributed by atoms with E-state index in [1.165, 1.54) is 0 Å². The normalized spacial score (nSPS) is 10.9. The molecule has 0 aliphatic rings. The molecule has 2 N–H and O–H groups in total. The lowest BCUT2D eigenvalue weighted by Crippen LogP contribution is -2.23. The lowest BCUT2D eigenvalue weighted by Gasteiger charge is -2.21. The van der Waals surface area contributed by atoms with Crippen LogP contribution in [0.4, 0.5) is 5.69 Å². The predicted octanol–water partition coefficient (Wildman–Crippen LogP) is 1.86. The fourth-order valence-corrected chi connectivity index (χ4v) is 1.98. The molecule has 0 bridgehead atoms. The number of anilines is 1. The van der Waals surface area contributed by atoms with Gasteiger partial charge in [-0.15, -0.1) is 0 Å². The van der Waals surface area contributed by atoms with Gasteiger partial charge in [-0.1, -0.05) is 13.8 Å². The van der Waals surface area contributed by atoms with Crippen molar-refractivity contribution in [3.8, 4) is 0 Å². The first-order valence-corrected chi connectivity index (χ1v) is 7.25. The zero-order valence-electron chi connectivity index (χ0n) is 11.1. The molecule has 0 aromatic carbocycles. The highest BCUT2D eigenvalue weighted by molar-refractivity contribution is 7.98. The van der Waals surface area contributed by atoms with Crippen molar-refractivity contribution in [3.05, 3.63) is 17.7 Å². The standard InChI is InChI=1S/C12H22N4S/c1-9(2)12-14-8-11(10(7-13)15-12)16(3)5-6-17-4/h8-9H,5-7,13H2,1-4H3. The van der Waals surface area contributed by atoms with Crippen LogP contribution in [0.15, 0.2) is 6.20 Å². The molecule has 17 heavy (non-hydrogen) atoms. The van der Waals surface area contributed by atoms with Gasteiger partial charge in [0.25, 0.3) is 0 Å². The van der Waals surface area contributed by atoms with Crippen LogP contribution in [0.1, 0.15) is 31.3 Å². The van der Waals surface area contributed by atoms with Crippen molar-refractivity contribution in [3.63, 3.8) is 0 Å². The number of hydrogen-bond acceptors (Lipinski definition) is 5. The third-order valence-electron chi connectivity index (χ3n) is 2.62. The van der Waals surface area contributed by atoms with Crippen LogP contribution in [0.3, 0.4) is 0 Å². The third kappa shape index (κ3) is 3.85. The topological polar surface area (TPSA) is 55.0 Å². The lowest BCUT2D eigenvalue weighted by molar-refractivity contribution is 0.751. The van der Waals surface area contributed by atoms with E-state index in [-0.39, 0.29) is 0 Å². The Bertz CT molecular complexity index is 354. The Morgan fingerprint density at radius 2 is 2.18 bits per heavy atom. The van der Waals surface area contributed by atoms with E-state index in [4.69, 9.17) is 5.73 Å². The summed E-state index contributed by atoms with van der Waals surface area (Å²) < 4.78 is 0. The summed E-state index contributed by atoms with van der Waals surface area (Å²) in [6.07, 6.45) is 4.00. The fourth-order valence-electron chi connectivity index (χ4n) is 1.52. The van der Waals surface area contributed by atoms with E-state index in [1.54, 1.807) is 0 Å². The second-order valence-corrected chi connectivity index (χ2v) is 5.32. The van der Waals surface area contributed by atoms with E-state index in [0.717, 1.165) is 29.5 Å². The lowest BCUT2D eigenvalue weighted by atomic mass is 10.2. The summed E-state index contributed by atoms with van der Waals surface area (Å²) in [5.41, 5.74) is 7.75. The molecule has 0 fully saturated rings. The molecule has 0 spiro atoms. The molecule has 0 unspecified atom stereocenters. The Kier molecular flexibility index (Phi) is 5.71. The maximum Gasteiger partial charge on any atom is 0.131 e. The van der Waals surface area contributed by atoms with Gasteiger partial charge >= 0.3 is 0 Å². The van der Waals surface area contributed by atoms with Crippen LogP contribution in [-0.2, 0) is 6.54 Å². The number of nitrogens with zero attached hydrogens (tertiary/aromatic N) is 3. The van der Waals surface area contributed by atoms with E-state index < -0.39 is 0 Å².